The maximum absolute atomic E-state index is 5.69. The molecule has 4 heteroatoms. The molecule has 78 valence electrons. The number of fused-ring (bicyclic) bond motifs is 1. The lowest BCUT2D eigenvalue weighted by atomic mass is 9.88. The van der Waals surface area contributed by atoms with Crippen LogP contribution in [0.1, 0.15) is 29.8 Å². The van der Waals surface area contributed by atoms with Crippen molar-refractivity contribution in [2.45, 2.75) is 32.1 Å². The molecule has 0 radical (unpaired) electrons. The Kier molecular flexibility index (Phi) is 3.03. The van der Waals surface area contributed by atoms with E-state index in [2.05, 4.69) is 4.98 Å². The molecule has 0 amide bonds. The van der Waals surface area contributed by atoms with Gasteiger partial charge in [-0.3, -0.25) is 0 Å². The van der Waals surface area contributed by atoms with Gasteiger partial charge in [0.25, 0.3) is 0 Å². The highest BCUT2D eigenvalue weighted by molar-refractivity contribution is 7.15. The van der Waals surface area contributed by atoms with Crippen molar-refractivity contribution in [1.82, 2.24) is 4.98 Å². The highest BCUT2D eigenvalue weighted by atomic mass is 32.1. The summed E-state index contributed by atoms with van der Waals surface area (Å²) in [4.78, 5) is 5.75. The zero-order valence-electron chi connectivity index (χ0n) is 8.33. The predicted octanol–water partition coefficient (Wildman–Crippen LogP) is 1.57. The molecule has 2 rings (SSSR count). The number of aryl methyl sites for hydroxylation is 1. The first-order chi connectivity index (χ1) is 6.79. The van der Waals surface area contributed by atoms with Gasteiger partial charge < -0.3 is 11.5 Å². The summed E-state index contributed by atoms with van der Waals surface area (Å²) in [5.74, 6) is 0.811. The van der Waals surface area contributed by atoms with Crippen LogP contribution in [0.3, 0.4) is 0 Å². The van der Waals surface area contributed by atoms with Crippen molar-refractivity contribution in [2.24, 2.45) is 11.7 Å². The minimum absolute atomic E-state index is 0.731. The van der Waals surface area contributed by atoms with Crippen molar-refractivity contribution in [1.29, 1.82) is 0 Å². The average molecular weight is 211 g/mol. The highest BCUT2D eigenvalue weighted by Gasteiger charge is 2.21. The van der Waals surface area contributed by atoms with Gasteiger partial charge in [0.05, 0.1) is 5.69 Å². The number of nitrogens with two attached hydrogens (primary N) is 2. The van der Waals surface area contributed by atoms with Gasteiger partial charge in [-0.05, 0) is 44.6 Å². The standard InChI is InChI=1S/C10H17N3S/c11-5-1-2-7-3-4-8-9(6-7)14-10(12)13-8/h7H,1-6,11H2,(H2,12,13). The molecule has 0 aromatic carbocycles. The monoisotopic (exact) mass is 211 g/mol. The summed E-state index contributed by atoms with van der Waals surface area (Å²) in [5, 5.41) is 0.731. The quantitative estimate of drug-likeness (QED) is 0.797. The van der Waals surface area contributed by atoms with E-state index >= 15 is 0 Å². The minimum Gasteiger partial charge on any atom is -0.375 e. The van der Waals surface area contributed by atoms with Gasteiger partial charge in [-0.2, -0.15) is 0 Å². The van der Waals surface area contributed by atoms with Crippen LogP contribution in [-0.4, -0.2) is 11.5 Å². The highest BCUT2D eigenvalue weighted by Crippen LogP contribution is 2.32. The summed E-state index contributed by atoms with van der Waals surface area (Å²) < 4.78 is 0. The van der Waals surface area contributed by atoms with Crippen molar-refractivity contribution in [3.63, 3.8) is 0 Å². The van der Waals surface area contributed by atoms with Gasteiger partial charge in [0, 0.05) is 4.88 Å². The second-order valence-electron chi connectivity index (χ2n) is 3.96. The first kappa shape index (κ1) is 9.93. The molecule has 4 N–H and O–H groups in total. The number of nitrogen functional groups attached to an aromatic ring is 1. The van der Waals surface area contributed by atoms with Gasteiger partial charge in [0.15, 0.2) is 5.13 Å². The maximum Gasteiger partial charge on any atom is 0.180 e. The minimum atomic E-state index is 0.731. The van der Waals surface area contributed by atoms with E-state index in [1.807, 2.05) is 0 Å². The van der Waals surface area contributed by atoms with Gasteiger partial charge in [0.2, 0.25) is 0 Å². The van der Waals surface area contributed by atoms with Crippen molar-refractivity contribution in [3.05, 3.63) is 10.6 Å². The SMILES string of the molecule is NCCCC1CCc2nc(N)sc2C1. The first-order valence-corrected chi connectivity index (χ1v) is 6.05. The van der Waals surface area contributed by atoms with Gasteiger partial charge >= 0.3 is 0 Å². The third-order valence-electron chi connectivity index (χ3n) is 2.87. The van der Waals surface area contributed by atoms with Crippen LogP contribution < -0.4 is 11.5 Å². The van der Waals surface area contributed by atoms with Gasteiger partial charge in [-0.25, -0.2) is 4.98 Å². The molecular weight excluding hydrogens is 194 g/mol. The number of hydrogen-bond donors (Lipinski definition) is 2. The molecular formula is C10H17N3S. The number of hydrogen-bond acceptors (Lipinski definition) is 4. The second kappa shape index (κ2) is 4.28. The van der Waals surface area contributed by atoms with Crippen LogP contribution in [0.25, 0.3) is 0 Å². The Labute approximate surface area is 88.5 Å². The van der Waals surface area contributed by atoms with Crippen molar-refractivity contribution in [3.8, 4) is 0 Å². The zero-order chi connectivity index (χ0) is 9.97. The lowest BCUT2D eigenvalue weighted by Crippen LogP contribution is -2.14. The molecule has 1 aromatic heterocycles. The van der Waals surface area contributed by atoms with E-state index in [0.717, 1.165) is 30.4 Å². The van der Waals surface area contributed by atoms with Crippen LogP contribution in [0.4, 0.5) is 5.13 Å². The molecule has 1 heterocycles. The van der Waals surface area contributed by atoms with Gasteiger partial charge in [0.1, 0.15) is 0 Å². The van der Waals surface area contributed by atoms with E-state index < -0.39 is 0 Å². The molecule has 1 atom stereocenters. The molecule has 0 aliphatic heterocycles. The average Bonchev–Trinajstić information content (AvgIpc) is 2.54. The van der Waals surface area contributed by atoms with E-state index in [4.69, 9.17) is 11.5 Å². The Hall–Kier alpha value is -0.610. The first-order valence-electron chi connectivity index (χ1n) is 5.23. The summed E-state index contributed by atoms with van der Waals surface area (Å²) in [6.07, 6.45) is 5.95. The second-order valence-corrected chi connectivity index (χ2v) is 5.08. The normalized spacial score (nSPS) is 20.8. The van der Waals surface area contributed by atoms with Crippen molar-refractivity contribution >= 4 is 16.5 Å². The van der Waals surface area contributed by atoms with Gasteiger partial charge in [-0.1, -0.05) is 0 Å². The Bertz CT molecular complexity index is 308. The number of aromatic nitrogens is 1. The van der Waals surface area contributed by atoms with Crippen LogP contribution in [0.2, 0.25) is 0 Å². The predicted molar refractivity (Wildman–Crippen MR) is 60.3 cm³/mol. The van der Waals surface area contributed by atoms with E-state index in [9.17, 15) is 0 Å². The molecule has 0 bridgehead atoms. The summed E-state index contributed by atoms with van der Waals surface area (Å²) in [5.41, 5.74) is 12.5. The van der Waals surface area contributed by atoms with E-state index in [-0.39, 0.29) is 0 Å². The Morgan fingerprint density at radius 2 is 2.36 bits per heavy atom. The Balaban J connectivity index is 1.98. The van der Waals surface area contributed by atoms with Crippen LogP contribution in [0.5, 0.6) is 0 Å². The summed E-state index contributed by atoms with van der Waals surface area (Å²) in [7, 11) is 0. The fourth-order valence-electron chi connectivity index (χ4n) is 2.12. The molecule has 1 aliphatic rings. The number of nitrogens with zero attached hydrogens (tertiary/aromatic N) is 1. The molecule has 1 aliphatic carbocycles. The van der Waals surface area contributed by atoms with E-state index in [1.54, 1.807) is 11.3 Å². The third kappa shape index (κ3) is 2.07. The summed E-state index contributed by atoms with van der Waals surface area (Å²) in [6, 6.07) is 0. The molecule has 0 saturated heterocycles. The van der Waals surface area contributed by atoms with E-state index in [1.165, 1.54) is 29.8 Å². The Morgan fingerprint density at radius 3 is 3.14 bits per heavy atom. The Morgan fingerprint density at radius 1 is 1.50 bits per heavy atom. The number of thiazole rings is 1. The lowest BCUT2D eigenvalue weighted by molar-refractivity contribution is 0.418. The fourth-order valence-corrected chi connectivity index (χ4v) is 3.11. The topological polar surface area (TPSA) is 64.9 Å². The number of anilines is 1. The molecule has 0 fully saturated rings. The molecule has 1 unspecified atom stereocenters. The fraction of sp³-hybridized carbons (Fsp3) is 0.700. The largest absolute Gasteiger partial charge is 0.375 e. The number of rotatable bonds is 3. The molecule has 14 heavy (non-hydrogen) atoms. The molecule has 3 nitrogen and oxygen atoms in total. The van der Waals surface area contributed by atoms with Crippen LogP contribution in [0, 0.1) is 5.92 Å². The molecule has 0 spiro atoms. The lowest BCUT2D eigenvalue weighted by Gasteiger charge is -2.20. The zero-order valence-corrected chi connectivity index (χ0v) is 9.15. The van der Waals surface area contributed by atoms with Crippen molar-refractivity contribution < 1.29 is 0 Å². The summed E-state index contributed by atoms with van der Waals surface area (Å²) >= 11 is 1.66. The van der Waals surface area contributed by atoms with Crippen molar-refractivity contribution in [2.75, 3.05) is 12.3 Å². The maximum atomic E-state index is 5.69. The van der Waals surface area contributed by atoms with Crippen LogP contribution in [-0.2, 0) is 12.8 Å². The van der Waals surface area contributed by atoms with E-state index in [0.29, 0.717) is 0 Å². The summed E-state index contributed by atoms with van der Waals surface area (Å²) in [6.45, 7) is 0.814. The van der Waals surface area contributed by atoms with Gasteiger partial charge in [-0.15, -0.1) is 11.3 Å². The molecule has 0 saturated carbocycles. The smallest absolute Gasteiger partial charge is 0.180 e. The molecule has 1 aromatic rings. The van der Waals surface area contributed by atoms with Crippen LogP contribution in [0.15, 0.2) is 0 Å². The van der Waals surface area contributed by atoms with Crippen LogP contribution >= 0.6 is 11.3 Å². The third-order valence-corrected chi connectivity index (χ3v) is 3.82.